The number of nitrogens with one attached hydrogen (secondary N) is 3. The maximum atomic E-state index is 12.9. The van der Waals surface area contributed by atoms with Gasteiger partial charge in [0.05, 0.1) is 5.75 Å². The second kappa shape index (κ2) is 12.0. The summed E-state index contributed by atoms with van der Waals surface area (Å²) in [5.74, 6) is 0.349. The predicted octanol–water partition coefficient (Wildman–Crippen LogP) is 2.40. The van der Waals surface area contributed by atoms with Gasteiger partial charge in [-0.25, -0.2) is 17.5 Å². The second-order valence-corrected chi connectivity index (χ2v) is 7.94. The van der Waals surface area contributed by atoms with Crippen LogP contribution in [0.3, 0.4) is 0 Å². The van der Waals surface area contributed by atoms with E-state index in [1.54, 1.807) is 25.2 Å². The van der Waals surface area contributed by atoms with E-state index in [2.05, 4.69) is 20.3 Å². The fourth-order valence-corrected chi connectivity index (χ4v) is 3.27. The summed E-state index contributed by atoms with van der Waals surface area (Å²) in [5.41, 5.74) is 2.72. The molecule has 0 unspecified atom stereocenters. The minimum absolute atomic E-state index is 0. The standard InChI is InChI=1S/C19H25FN4O2S.HI/c1-21-19(23-11-10-15-6-8-18(20)9-7-15)24-13-16-4-3-5-17(12-16)14-27(25,26)22-2;/h3-9,12,22H,10-11,13-14H2,1-2H3,(H2,21,23,24);1H. The SMILES string of the molecule is CN=C(NCCc1ccc(F)cc1)NCc1cccc(CS(=O)(=O)NC)c1.I. The van der Waals surface area contributed by atoms with Crippen molar-refractivity contribution in [3.05, 3.63) is 71.0 Å². The minimum atomic E-state index is -3.30. The number of sulfonamides is 1. The Morgan fingerprint density at radius 3 is 2.36 bits per heavy atom. The van der Waals surface area contributed by atoms with E-state index >= 15 is 0 Å². The van der Waals surface area contributed by atoms with Gasteiger partial charge in [0.15, 0.2) is 5.96 Å². The lowest BCUT2D eigenvalue weighted by atomic mass is 10.1. The Morgan fingerprint density at radius 2 is 1.71 bits per heavy atom. The lowest BCUT2D eigenvalue weighted by Crippen LogP contribution is -2.37. The van der Waals surface area contributed by atoms with Crippen molar-refractivity contribution >= 4 is 40.0 Å². The van der Waals surface area contributed by atoms with Gasteiger partial charge in [-0.1, -0.05) is 36.4 Å². The van der Waals surface area contributed by atoms with Crippen LogP contribution in [0.2, 0.25) is 0 Å². The van der Waals surface area contributed by atoms with Gasteiger partial charge in [0, 0.05) is 20.1 Å². The van der Waals surface area contributed by atoms with Crippen molar-refractivity contribution in [1.29, 1.82) is 0 Å². The van der Waals surface area contributed by atoms with Gasteiger partial charge in [-0.3, -0.25) is 4.99 Å². The Bertz CT molecular complexity index is 874. The third-order valence-corrected chi connectivity index (χ3v) is 5.30. The van der Waals surface area contributed by atoms with Crippen LogP contribution in [0.15, 0.2) is 53.5 Å². The molecule has 2 rings (SSSR count). The van der Waals surface area contributed by atoms with Gasteiger partial charge >= 0.3 is 0 Å². The molecule has 28 heavy (non-hydrogen) atoms. The zero-order valence-corrected chi connectivity index (χ0v) is 19.1. The van der Waals surface area contributed by atoms with E-state index in [-0.39, 0.29) is 35.5 Å². The molecule has 0 fully saturated rings. The molecule has 0 aliphatic rings. The van der Waals surface area contributed by atoms with Crippen LogP contribution < -0.4 is 15.4 Å². The average Bonchev–Trinajstić information content (AvgIpc) is 2.66. The molecular formula is C19H26FIN4O2S. The highest BCUT2D eigenvalue weighted by atomic mass is 127. The molecule has 0 aliphatic heterocycles. The molecule has 2 aromatic rings. The van der Waals surface area contributed by atoms with Crippen molar-refractivity contribution < 1.29 is 12.8 Å². The first-order chi connectivity index (χ1) is 12.9. The highest BCUT2D eigenvalue weighted by Crippen LogP contribution is 2.08. The molecule has 3 N–H and O–H groups in total. The number of hydrogen-bond acceptors (Lipinski definition) is 3. The van der Waals surface area contributed by atoms with Crippen LogP contribution in [0.4, 0.5) is 4.39 Å². The quantitative estimate of drug-likeness (QED) is 0.284. The number of guanidine groups is 1. The van der Waals surface area contributed by atoms with Gasteiger partial charge < -0.3 is 10.6 Å². The number of benzene rings is 2. The number of aliphatic imine (C=N–C) groups is 1. The van der Waals surface area contributed by atoms with Crippen LogP contribution in [0.1, 0.15) is 16.7 Å². The molecule has 9 heteroatoms. The van der Waals surface area contributed by atoms with Crippen LogP contribution in [-0.2, 0) is 28.7 Å². The molecule has 0 atom stereocenters. The maximum absolute atomic E-state index is 12.9. The topological polar surface area (TPSA) is 82.6 Å². The van der Waals surface area contributed by atoms with E-state index in [4.69, 9.17) is 0 Å². The Hall–Kier alpha value is -1.72. The van der Waals surface area contributed by atoms with Gasteiger partial charge in [0.1, 0.15) is 5.82 Å². The van der Waals surface area contributed by atoms with E-state index in [0.717, 1.165) is 23.1 Å². The number of nitrogens with zero attached hydrogens (tertiary/aromatic N) is 1. The van der Waals surface area contributed by atoms with Gasteiger partial charge in [-0.05, 0) is 42.3 Å². The van der Waals surface area contributed by atoms with E-state index < -0.39 is 10.0 Å². The van der Waals surface area contributed by atoms with Crippen LogP contribution in [0.25, 0.3) is 0 Å². The second-order valence-electron chi connectivity index (χ2n) is 6.01. The first kappa shape index (κ1) is 24.3. The zero-order valence-electron chi connectivity index (χ0n) is 15.9. The molecule has 0 aromatic heterocycles. The highest BCUT2D eigenvalue weighted by Gasteiger charge is 2.09. The molecular weight excluding hydrogens is 494 g/mol. The van der Waals surface area contributed by atoms with Crippen LogP contribution in [0, 0.1) is 5.82 Å². The summed E-state index contributed by atoms with van der Waals surface area (Å²) in [4.78, 5) is 4.17. The Morgan fingerprint density at radius 1 is 1.04 bits per heavy atom. The fourth-order valence-electron chi connectivity index (χ4n) is 2.50. The first-order valence-electron chi connectivity index (χ1n) is 8.60. The van der Waals surface area contributed by atoms with Gasteiger partial charge in [-0.15, -0.1) is 24.0 Å². The van der Waals surface area contributed by atoms with Crippen molar-refractivity contribution in [2.75, 3.05) is 20.6 Å². The van der Waals surface area contributed by atoms with Crippen LogP contribution >= 0.6 is 24.0 Å². The average molecular weight is 520 g/mol. The molecule has 0 saturated heterocycles. The Kier molecular flexibility index (Phi) is 10.4. The summed E-state index contributed by atoms with van der Waals surface area (Å²) in [6, 6.07) is 13.8. The Balaban J connectivity index is 0.00000392. The molecule has 0 bridgehead atoms. The zero-order chi connectivity index (χ0) is 19.7. The smallest absolute Gasteiger partial charge is 0.215 e. The molecule has 6 nitrogen and oxygen atoms in total. The Labute approximate surface area is 183 Å². The minimum Gasteiger partial charge on any atom is -0.356 e. The van der Waals surface area contributed by atoms with Gasteiger partial charge in [-0.2, -0.15) is 0 Å². The number of halogens is 2. The largest absolute Gasteiger partial charge is 0.356 e. The highest BCUT2D eigenvalue weighted by molar-refractivity contribution is 14.0. The molecule has 2 aromatic carbocycles. The number of hydrogen-bond donors (Lipinski definition) is 3. The summed E-state index contributed by atoms with van der Waals surface area (Å²) in [5, 5.41) is 6.40. The van der Waals surface area contributed by atoms with Crippen molar-refractivity contribution in [2.45, 2.75) is 18.7 Å². The molecule has 0 saturated carbocycles. The molecule has 0 heterocycles. The summed E-state index contributed by atoms with van der Waals surface area (Å²) < 4.78 is 38.6. The predicted molar refractivity (Wildman–Crippen MR) is 122 cm³/mol. The molecule has 0 spiro atoms. The molecule has 0 radical (unpaired) electrons. The van der Waals surface area contributed by atoms with E-state index in [1.807, 2.05) is 18.2 Å². The summed E-state index contributed by atoms with van der Waals surface area (Å²) in [7, 11) is -0.208. The summed E-state index contributed by atoms with van der Waals surface area (Å²) >= 11 is 0. The normalized spacial score (nSPS) is 11.6. The van der Waals surface area contributed by atoms with Crippen molar-refractivity contribution in [1.82, 2.24) is 15.4 Å². The van der Waals surface area contributed by atoms with Crippen molar-refractivity contribution in [3.8, 4) is 0 Å². The van der Waals surface area contributed by atoms with Crippen molar-refractivity contribution in [3.63, 3.8) is 0 Å². The van der Waals surface area contributed by atoms with Gasteiger partial charge in [0.2, 0.25) is 10.0 Å². The first-order valence-corrected chi connectivity index (χ1v) is 10.2. The van der Waals surface area contributed by atoms with E-state index in [0.29, 0.717) is 19.0 Å². The summed E-state index contributed by atoms with van der Waals surface area (Å²) in [6.45, 7) is 1.18. The number of rotatable bonds is 8. The summed E-state index contributed by atoms with van der Waals surface area (Å²) in [6.07, 6.45) is 0.748. The lowest BCUT2D eigenvalue weighted by molar-refractivity contribution is 0.587. The molecule has 154 valence electrons. The third kappa shape index (κ3) is 8.53. The molecule has 0 amide bonds. The van der Waals surface area contributed by atoms with E-state index in [1.165, 1.54) is 19.2 Å². The fraction of sp³-hybridized carbons (Fsp3) is 0.316. The monoisotopic (exact) mass is 520 g/mol. The third-order valence-electron chi connectivity index (χ3n) is 3.96. The van der Waals surface area contributed by atoms with E-state index in [9.17, 15) is 12.8 Å². The van der Waals surface area contributed by atoms with Crippen LogP contribution in [-0.4, -0.2) is 35.0 Å². The maximum Gasteiger partial charge on any atom is 0.215 e. The van der Waals surface area contributed by atoms with Crippen molar-refractivity contribution in [2.24, 2.45) is 4.99 Å². The lowest BCUT2D eigenvalue weighted by Gasteiger charge is -2.12. The molecule has 0 aliphatic carbocycles. The van der Waals surface area contributed by atoms with Gasteiger partial charge in [0.25, 0.3) is 0 Å². The van der Waals surface area contributed by atoms with Crippen LogP contribution in [0.5, 0.6) is 0 Å².